The zero-order chi connectivity index (χ0) is 15.8. The van der Waals surface area contributed by atoms with Crippen LogP contribution in [0.25, 0.3) is 0 Å². The van der Waals surface area contributed by atoms with Crippen LogP contribution in [-0.4, -0.2) is 63.1 Å². The van der Waals surface area contributed by atoms with Crippen LogP contribution in [0.1, 0.15) is 19.8 Å². The molecule has 1 amide bonds. The summed E-state index contributed by atoms with van der Waals surface area (Å²) >= 11 is 0. The van der Waals surface area contributed by atoms with E-state index in [-0.39, 0.29) is 36.2 Å². The Hall–Kier alpha value is -1.63. The molecule has 0 aromatic carbocycles. The van der Waals surface area contributed by atoms with Gasteiger partial charge in [0.15, 0.2) is 0 Å². The van der Waals surface area contributed by atoms with Crippen LogP contribution in [0.15, 0.2) is 0 Å². The molecular formula is C14H24N2O5. The van der Waals surface area contributed by atoms with Gasteiger partial charge in [0.05, 0.1) is 26.7 Å². The lowest BCUT2D eigenvalue weighted by atomic mass is 9.99. The first-order chi connectivity index (χ1) is 9.97. The molecule has 2 unspecified atom stereocenters. The molecule has 1 aliphatic rings. The fraction of sp³-hybridized carbons (Fsp3) is 0.786. The second-order valence-corrected chi connectivity index (χ2v) is 5.33. The Morgan fingerprint density at radius 2 is 1.90 bits per heavy atom. The first-order valence-corrected chi connectivity index (χ1v) is 7.11. The minimum absolute atomic E-state index is 0.0995. The summed E-state index contributed by atoms with van der Waals surface area (Å²) < 4.78 is 9.28. The van der Waals surface area contributed by atoms with Gasteiger partial charge in [-0.15, -0.1) is 0 Å². The number of hydrogen-bond donors (Lipinski definition) is 1. The van der Waals surface area contributed by atoms with Gasteiger partial charge in [0, 0.05) is 26.1 Å². The SMILES string of the molecule is COC(=O)CCCNC(=O)CN1CC(C)C(C(=O)OC)C1. The second kappa shape index (κ2) is 8.61. The summed E-state index contributed by atoms with van der Waals surface area (Å²) in [4.78, 5) is 36.2. The van der Waals surface area contributed by atoms with E-state index in [4.69, 9.17) is 4.74 Å². The molecule has 0 radical (unpaired) electrons. The van der Waals surface area contributed by atoms with Crippen molar-refractivity contribution in [2.75, 3.05) is 40.4 Å². The van der Waals surface area contributed by atoms with Crippen molar-refractivity contribution in [2.24, 2.45) is 11.8 Å². The van der Waals surface area contributed by atoms with Gasteiger partial charge >= 0.3 is 11.9 Å². The highest BCUT2D eigenvalue weighted by Gasteiger charge is 2.35. The van der Waals surface area contributed by atoms with E-state index in [1.807, 2.05) is 11.8 Å². The third-order valence-electron chi connectivity index (χ3n) is 3.67. The highest BCUT2D eigenvalue weighted by molar-refractivity contribution is 5.78. The molecule has 1 saturated heterocycles. The zero-order valence-corrected chi connectivity index (χ0v) is 12.9. The lowest BCUT2D eigenvalue weighted by Gasteiger charge is -2.15. The molecule has 1 heterocycles. The number of hydrogen-bond acceptors (Lipinski definition) is 6. The molecule has 21 heavy (non-hydrogen) atoms. The third-order valence-corrected chi connectivity index (χ3v) is 3.67. The van der Waals surface area contributed by atoms with E-state index in [0.717, 1.165) is 0 Å². The van der Waals surface area contributed by atoms with Crippen molar-refractivity contribution in [1.29, 1.82) is 0 Å². The van der Waals surface area contributed by atoms with E-state index in [1.165, 1.54) is 14.2 Å². The van der Waals surface area contributed by atoms with Crippen LogP contribution >= 0.6 is 0 Å². The van der Waals surface area contributed by atoms with E-state index < -0.39 is 0 Å². The fourth-order valence-electron chi connectivity index (χ4n) is 2.48. The van der Waals surface area contributed by atoms with E-state index in [9.17, 15) is 14.4 Å². The molecule has 1 aliphatic heterocycles. The average Bonchev–Trinajstić information content (AvgIpc) is 2.82. The Balaban J connectivity index is 2.23. The number of nitrogens with zero attached hydrogens (tertiary/aromatic N) is 1. The van der Waals surface area contributed by atoms with Crippen molar-refractivity contribution in [3.63, 3.8) is 0 Å². The van der Waals surface area contributed by atoms with Crippen molar-refractivity contribution < 1.29 is 23.9 Å². The van der Waals surface area contributed by atoms with Crippen LogP contribution in [0, 0.1) is 11.8 Å². The van der Waals surface area contributed by atoms with Crippen LogP contribution in [0.5, 0.6) is 0 Å². The summed E-state index contributed by atoms with van der Waals surface area (Å²) in [6.45, 7) is 3.93. The van der Waals surface area contributed by atoms with E-state index in [2.05, 4.69) is 10.1 Å². The number of nitrogens with one attached hydrogen (secondary N) is 1. The second-order valence-electron chi connectivity index (χ2n) is 5.33. The summed E-state index contributed by atoms with van der Waals surface area (Å²) in [5.41, 5.74) is 0. The predicted molar refractivity (Wildman–Crippen MR) is 75.4 cm³/mol. The molecule has 0 aromatic rings. The molecule has 1 rings (SSSR count). The molecule has 0 aliphatic carbocycles. The van der Waals surface area contributed by atoms with Gasteiger partial charge in [-0.05, 0) is 12.3 Å². The number of likely N-dealkylation sites (tertiary alicyclic amines) is 1. The highest BCUT2D eigenvalue weighted by Crippen LogP contribution is 2.23. The summed E-state index contributed by atoms with van der Waals surface area (Å²) in [5, 5.41) is 2.76. The summed E-state index contributed by atoms with van der Waals surface area (Å²) in [7, 11) is 2.72. The smallest absolute Gasteiger partial charge is 0.310 e. The molecule has 0 aromatic heterocycles. The summed E-state index contributed by atoms with van der Waals surface area (Å²) in [6.07, 6.45) is 0.849. The van der Waals surface area contributed by atoms with Gasteiger partial charge in [0.1, 0.15) is 0 Å². The average molecular weight is 300 g/mol. The van der Waals surface area contributed by atoms with Gasteiger partial charge < -0.3 is 14.8 Å². The Morgan fingerprint density at radius 3 is 2.52 bits per heavy atom. The molecular weight excluding hydrogens is 276 g/mol. The quantitative estimate of drug-likeness (QED) is 0.517. The minimum atomic E-state index is -0.279. The molecule has 1 N–H and O–H groups in total. The first kappa shape index (κ1) is 17.4. The Morgan fingerprint density at radius 1 is 1.19 bits per heavy atom. The molecule has 7 nitrogen and oxygen atoms in total. The van der Waals surface area contributed by atoms with Crippen molar-refractivity contribution in [1.82, 2.24) is 10.2 Å². The van der Waals surface area contributed by atoms with Gasteiger partial charge in [-0.1, -0.05) is 6.92 Å². The lowest BCUT2D eigenvalue weighted by molar-refractivity contribution is -0.146. The number of carbonyl (C=O) groups is 3. The van der Waals surface area contributed by atoms with E-state index in [0.29, 0.717) is 32.5 Å². The van der Waals surface area contributed by atoms with Crippen molar-refractivity contribution in [2.45, 2.75) is 19.8 Å². The highest BCUT2D eigenvalue weighted by atomic mass is 16.5. The topological polar surface area (TPSA) is 84.9 Å². The van der Waals surface area contributed by atoms with E-state index >= 15 is 0 Å². The number of amides is 1. The zero-order valence-electron chi connectivity index (χ0n) is 12.9. The standard InChI is InChI=1S/C14H24N2O5/c1-10-7-16(8-11(10)14(19)21-3)9-12(17)15-6-4-5-13(18)20-2/h10-11H,4-9H2,1-3H3,(H,15,17). The van der Waals surface area contributed by atoms with Gasteiger partial charge in [0.2, 0.25) is 5.91 Å². The summed E-state index contributed by atoms with van der Waals surface area (Å²) in [5.74, 6) is -0.577. The summed E-state index contributed by atoms with van der Waals surface area (Å²) in [6, 6.07) is 0. The largest absolute Gasteiger partial charge is 0.469 e. The number of methoxy groups -OCH3 is 2. The normalized spacial score (nSPS) is 21.9. The number of ether oxygens (including phenoxy) is 2. The Labute approximate surface area is 124 Å². The van der Waals surface area contributed by atoms with Gasteiger partial charge in [-0.3, -0.25) is 19.3 Å². The number of carbonyl (C=O) groups excluding carboxylic acids is 3. The Kier molecular flexibility index (Phi) is 7.14. The first-order valence-electron chi connectivity index (χ1n) is 7.11. The molecule has 1 fully saturated rings. The van der Waals surface area contributed by atoms with Crippen LogP contribution < -0.4 is 5.32 Å². The molecule has 0 spiro atoms. The van der Waals surface area contributed by atoms with Crippen LogP contribution in [0.4, 0.5) is 0 Å². The van der Waals surface area contributed by atoms with Gasteiger partial charge in [-0.25, -0.2) is 0 Å². The van der Waals surface area contributed by atoms with Crippen molar-refractivity contribution >= 4 is 17.8 Å². The fourth-order valence-corrected chi connectivity index (χ4v) is 2.48. The maximum atomic E-state index is 11.8. The molecule has 0 saturated carbocycles. The monoisotopic (exact) mass is 300 g/mol. The minimum Gasteiger partial charge on any atom is -0.469 e. The molecule has 0 bridgehead atoms. The van der Waals surface area contributed by atoms with Crippen LogP contribution in [0.3, 0.4) is 0 Å². The number of esters is 2. The van der Waals surface area contributed by atoms with Gasteiger partial charge in [-0.2, -0.15) is 0 Å². The van der Waals surface area contributed by atoms with Crippen LogP contribution in [-0.2, 0) is 23.9 Å². The molecule has 120 valence electrons. The molecule has 7 heteroatoms. The van der Waals surface area contributed by atoms with E-state index in [1.54, 1.807) is 0 Å². The van der Waals surface area contributed by atoms with Crippen molar-refractivity contribution in [3.05, 3.63) is 0 Å². The van der Waals surface area contributed by atoms with Crippen LogP contribution in [0.2, 0.25) is 0 Å². The maximum absolute atomic E-state index is 11.8. The lowest BCUT2D eigenvalue weighted by Crippen LogP contribution is -2.37. The Bertz CT molecular complexity index is 386. The predicted octanol–water partition coefficient (Wildman–Crippen LogP) is -0.203. The number of rotatable bonds is 7. The third kappa shape index (κ3) is 5.71. The van der Waals surface area contributed by atoms with Gasteiger partial charge in [0.25, 0.3) is 0 Å². The molecule has 2 atom stereocenters. The maximum Gasteiger partial charge on any atom is 0.310 e. The van der Waals surface area contributed by atoms with Crippen molar-refractivity contribution in [3.8, 4) is 0 Å².